The number of hydrogen-bond donors (Lipinski definition) is 1. The van der Waals surface area contributed by atoms with Gasteiger partial charge in [0.1, 0.15) is 18.0 Å². The number of methoxy groups -OCH3 is 1. The highest BCUT2D eigenvalue weighted by Gasteiger charge is 2.30. The zero-order valence-corrected chi connectivity index (χ0v) is 20.4. The summed E-state index contributed by atoms with van der Waals surface area (Å²) in [6.45, 7) is 5.15. The lowest BCUT2D eigenvalue weighted by Gasteiger charge is -2.41. The van der Waals surface area contributed by atoms with E-state index in [1.165, 1.54) is 17.8 Å². The molecular formula is C25H29F2N7O2. The number of nitrogens with zero attached hydrogens (tertiary/aromatic N) is 6. The molecule has 36 heavy (non-hydrogen) atoms. The van der Waals surface area contributed by atoms with Crippen LogP contribution in [-0.4, -0.2) is 81.2 Å². The molecule has 9 nitrogen and oxygen atoms in total. The Morgan fingerprint density at radius 1 is 1.19 bits per heavy atom. The van der Waals surface area contributed by atoms with Crippen molar-refractivity contribution in [2.24, 2.45) is 0 Å². The molecule has 2 aliphatic rings. The highest BCUT2D eigenvalue weighted by molar-refractivity contribution is 5.90. The molecule has 2 saturated heterocycles. The third-order valence-corrected chi connectivity index (χ3v) is 7.28. The fourth-order valence-electron chi connectivity index (χ4n) is 5.29. The molecule has 5 heterocycles. The summed E-state index contributed by atoms with van der Waals surface area (Å²) in [6.07, 6.45) is 3.28. The van der Waals surface area contributed by atoms with Crippen LogP contribution in [0.2, 0.25) is 0 Å². The van der Waals surface area contributed by atoms with Crippen molar-refractivity contribution >= 4 is 22.5 Å². The van der Waals surface area contributed by atoms with Gasteiger partial charge in [-0.1, -0.05) is 6.07 Å². The SMILES string of the molecule is COc1nc(NC2CCN(C3COC3)CC2)nn2cc(F)c(-c3ccc4nc(C)n(CCF)c4c3)c12. The summed E-state index contributed by atoms with van der Waals surface area (Å²) in [5.41, 5.74) is 2.88. The third-order valence-electron chi connectivity index (χ3n) is 7.28. The second-order valence-electron chi connectivity index (χ2n) is 9.44. The molecule has 0 spiro atoms. The molecule has 0 unspecified atom stereocenters. The molecule has 11 heteroatoms. The first-order chi connectivity index (χ1) is 17.6. The van der Waals surface area contributed by atoms with Gasteiger partial charge in [0.25, 0.3) is 0 Å². The Hall–Kier alpha value is -3.31. The number of rotatable bonds is 7. The number of aryl methyl sites for hydroxylation is 2. The second-order valence-corrected chi connectivity index (χ2v) is 9.44. The van der Waals surface area contributed by atoms with Crippen LogP contribution in [0.3, 0.4) is 0 Å². The Morgan fingerprint density at radius 2 is 2.00 bits per heavy atom. The Labute approximate surface area is 207 Å². The number of nitrogens with one attached hydrogen (secondary N) is 1. The van der Waals surface area contributed by atoms with Gasteiger partial charge in [0.2, 0.25) is 11.8 Å². The maximum absolute atomic E-state index is 15.3. The van der Waals surface area contributed by atoms with Crippen LogP contribution in [-0.2, 0) is 11.3 Å². The summed E-state index contributed by atoms with van der Waals surface area (Å²) in [4.78, 5) is 11.5. The standard InChI is InChI=1S/C25H29F2N7O2/c1-15-28-20-4-3-16(11-21(20)33(15)10-7-26)22-19(27)12-34-23(22)24(35-2)30-25(31-34)29-17-5-8-32(9-6-17)18-13-36-14-18/h3-4,11-12,17-18H,5-10,13-14H2,1-2H3,(H,29,31). The van der Waals surface area contributed by atoms with E-state index in [-0.39, 0.29) is 18.5 Å². The normalized spacial score (nSPS) is 17.7. The van der Waals surface area contributed by atoms with E-state index >= 15 is 4.39 Å². The lowest BCUT2D eigenvalue weighted by molar-refractivity contribution is -0.0705. The molecule has 0 aliphatic carbocycles. The number of alkyl halides is 1. The van der Waals surface area contributed by atoms with Gasteiger partial charge in [-0.2, -0.15) is 4.98 Å². The van der Waals surface area contributed by atoms with E-state index in [9.17, 15) is 4.39 Å². The van der Waals surface area contributed by atoms with Crippen molar-refractivity contribution in [2.45, 2.75) is 38.4 Å². The number of fused-ring (bicyclic) bond motifs is 2. The van der Waals surface area contributed by atoms with E-state index in [1.807, 2.05) is 19.1 Å². The largest absolute Gasteiger partial charge is 0.479 e. The smallest absolute Gasteiger partial charge is 0.244 e. The second kappa shape index (κ2) is 9.29. The van der Waals surface area contributed by atoms with Crippen LogP contribution < -0.4 is 10.1 Å². The van der Waals surface area contributed by atoms with Crippen LogP contribution in [0.1, 0.15) is 18.7 Å². The van der Waals surface area contributed by atoms with Crippen molar-refractivity contribution in [3.8, 4) is 17.0 Å². The molecular weight excluding hydrogens is 468 g/mol. The van der Waals surface area contributed by atoms with Crippen molar-refractivity contribution < 1.29 is 18.3 Å². The monoisotopic (exact) mass is 497 g/mol. The summed E-state index contributed by atoms with van der Waals surface area (Å²) < 4.78 is 42.7. The van der Waals surface area contributed by atoms with Gasteiger partial charge in [0, 0.05) is 19.1 Å². The van der Waals surface area contributed by atoms with Gasteiger partial charge < -0.3 is 19.4 Å². The van der Waals surface area contributed by atoms with Crippen LogP contribution in [0.5, 0.6) is 5.88 Å². The molecule has 2 aliphatic heterocycles. The summed E-state index contributed by atoms with van der Waals surface area (Å²) in [5.74, 6) is 0.955. The van der Waals surface area contributed by atoms with E-state index in [0.29, 0.717) is 34.5 Å². The predicted octanol–water partition coefficient (Wildman–Crippen LogP) is 3.45. The molecule has 3 aromatic heterocycles. The fourth-order valence-corrected chi connectivity index (χ4v) is 5.29. The van der Waals surface area contributed by atoms with Crippen molar-refractivity contribution in [3.05, 3.63) is 36.0 Å². The first kappa shape index (κ1) is 23.1. The Bertz CT molecular complexity index is 1410. The molecule has 2 fully saturated rings. The van der Waals surface area contributed by atoms with Crippen molar-refractivity contribution in [2.75, 3.05) is 45.4 Å². The van der Waals surface area contributed by atoms with E-state index in [0.717, 1.165) is 50.2 Å². The number of likely N-dealkylation sites (tertiary alicyclic amines) is 1. The Kier molecular flexibility index (Phi) is 5.96. The van der Waals surface area contributed by atoms with Crippen LogP contribution in [0.4, 0.5) is 14.7 Å². The van der Waals surface area contributed by atoms with Crippen LogP contribution >= 0.6 is 0 Å². The van der Waals surface area contributed by atoms with Crippen LogP contribution in [0.25, 0.3) is 27.7 Å². The first-order valence-electron chi connectivity index (χ1n) is 12.3. The summed E-state index contributed by atoms with van der Waals surface area (Å²) in [7, 11) is 1.52. The Balaban J connectivity index is 1.32. The maximum Gasteiger partial charge on any atom is 0.244 e. The summed E-state index contributed by atoms with van der Waals surface area (Å²) in [6, 6.07) is 6.22. The molecule has 0 saturated carbocycles. The quantitative estimate of drug-likeness (QED) is 0.419. The number of piperidine rings is 1. The zero-order chi connectivity index (χ0) is 24.8. The predicted molar refractivity (Wildman–Crippen MR) is 132 cm³/mol. The van der Waals surface area contributed by atoms with Crippen molar-refractivity contribution in [1.29, 1.82) is 0 Å². The molecule has 0 amide bonds. The topological polar surface area (TPSA) is 81.7 Å². The highest BCUT2D eigenvalue weighted by atomic mass is 19.1. The molecule has 190 valence electrons. The molecule has 1 N–H and O–H groups in total. The van der Waals surface area contributed by atoms with Crippen LogP contribution in [0, 0.1) is 12.7 Å². The molecule has 0 atom stereocenters. The summed E-state index contributed by atoms with van der Waals surface area (Å²) >= 11 is 0. The number of hydrogen-bond acceptors (Lipinski definition) is 7. The lowest BCUT2D eigenvalue weighted by Crippen LogP contribution is -2.53. The Morgan fingerprint density at radius 3 is 2.69 bits per heavy atom. The minimum absolute atomic E-state index is 0.194. The number of imidazole rings is 1. The lowest BCUT2D eigenvalue weighted by atomic mass is 10.0. The van der Waals surface area contributed by atoms with Gasteiger partial charge in [0.15, 0.2) is 5.82 Å². The number of anilines is 1. The van der Waals surface area contributed by atoms with Gasteiger partial charge in [-0.15, -0.1) is 5.10 Å². The van der Waals surface area contributed by atoms with E-state index in [4.69, 9.17) is 9.47 Å². The minimum Gasteiger partial charge on any atom is -0.479 e. The van der Waals surface area contributed by atoms with Gasteiger partial charge in [-0.3, -0.25) is 4.90 Å². The van der Waals surface area contributed by atoms with Gasteiger partial charge in [-0.05, 0) is 37.5 Å². The van der Waals surface area contributed by atoms with E-state index in [2.05, 4.69) is 25.3 Å². The van der Waals surface area contributed by atoms with Crippen molar-refractivity contribution in [3.63, 3.8) is 0 Å². The van der Waals surface area contributed by atoms with Gasteiger partial charge in [-0.25, -0.2) is 18.3 Å². The maximum atomic E-state index is 15.3. The van der Waals surface area contributed by atoms with Crippen molar-refractivity contribution in [1.82, 2.24) is 29.0 Å². The van der Waals surface area contributed by atoms with Gasteiger partial charge >= 0.3 is 0 Å². The van der Waals surface area contributed by atoms with Gasteiger partial charge in [0.05, 0.1) is 55.7 Å². The zero-order valence-electron chi connectivity index (χ0n) is 20.4. The summed E-state index contributed by atoms with van der Waals surface area (Å²) in [5, 5.41) is 7.96. The van der Waals surface area contributed by atoms with Crippen LogP contribution in [0.15, 0.2) is 24.4 Å². The third kappa shape index (κ3) is 3.96. The number of aromatic nitrogens is 5. The number of ether oxygens (including phenoxy) is 2. The minimum atomic E-state index is -0.508. The molecule has 0 radical (unpaired) electrons. The molecule has 4 aromatic rings. The highest BCUT2D eigenvalue weighted by Crippen LogP contribution is 2.36. The molecule has 1 aromatic carbocycles. The average molecular weight is 498 g/mol. The van der Waals surface area contributed by atoms with E-state index in [1.54, 1.807) is 10.6 Å². The van der Waals surface area contributed by atoms with E-state index < -0.39 is 12.5 Å². The number of halogens is 2. The average Bonchev–Trinajstić information content (AvgIpc) is 3.34. The fraction of sp³-hybridized carbons (Fsp3) is 0.480. The first-order valence-corrected chi connectivity index (χ1v) is 12.3. The molecule has 6 rings (SSSR count). The molecule has 0 bridgehead atoms. The number of benzene rings is 1.